The van der Waals surface area contributed by atoms with Gasteiger partial charge in [-0.3, -0.25) is 4.98 Å². The number of carbonyl (C=O) groups excluding carboxylic acids is 1. The van der Waals surface area contributed by atoms with Gasteiger partial charge in [-0.15, -0.1) is 0 Å². The first-order valence-corrected chi connectivity index (χ1v) is 9.46. The van der Waals surface area contributed by atoms with Crippen molar-refractivity contribution in [2.45, 2.75) is 13.2 Å². The summed E-state index contributed by atoms with van der Waals surface area (Å²) >= 11 is 0. The summed E-state index contributed by atoms with van der Waals surface area (Å²) < 4.78 is 35.4. The lowest BCUT2D eigenvalue weighted by Crippen LogP contribution is -2.08. The lowest BCUT2D eigenvalue weighted by atomic mass is 10.0. The zero-order valence-electron chi connectivity index (χ0n) is 17.2. The van der Waals surface area contributed by atoms with Crippen LogP contribution >= 0.6 is 0 Å². The van der Waals surface area contributed by atoms with Crippen LogP contribution in [-0.2, 0) is 27.5 Å². The van der Waals surface area contributed by atoms with Crippen molar-refractivity contribution >= 4 is 11.5 Å². The van der Waals surface area contributed by atoms with Crippen molar-refractivity contribution in [1.82, 2.24) is 4.98 Å². The van der Waals surface area contributed by atoms with E-state index in [2.05, 4.69) is 4.98 Å². The summed E-state index contributed by atoms with van der Waals surface area (Å²) in [5, 5.41) is 0. The molecule has 1 heterocycles. The molecule has 0 aliphatic carbocycles. The van der Waals surface area contributed by atoms with Crippen LogP contribution in [-0.4, -0.2) is 25.2 Å². The van der Waals surface area contributed by atoms with Crippen molar-refractivity contribution in [1.29, 1.82) is 0 Å². The minimum Gasteiger partial charge on any atom is -0.503 e. The number of methoxy groups -OCH3 is 2. The van der Waals surface area contributed by atoms with Crippen LogP contribution in [0.1, 0.15) is 16.8 Å². The molecular formula is C24H22FNO5. The molecule has 3 aromatic rings. The number of hydrogen-bond donors (Lipinski definition) is 0. The molecule has 1 aromatic heterocycles. The van der Waals surface area contributed by atoms with Crippen molar-refractivity contribution in [3.63, 3.8) is 0 Å². The maximum Gasteiger partial charge on any atom is 0.341 e. The third kappa shape index (κ3) is 6.05. The average molecular weight is 423 g/mol. The Hall–Kier alpha value is -3.87. The number of nitrogens with zero attached hydrogens (tertiary/aromatic N) is 1. The van der Waals surface area contributed by atoms with Crippen molar-refractivity contribution in [3.05, 3.63) is 95.8 Å². The number of aromatic nitrogens is 1. The molecule has 0 unspecified atom stereocenters. The summed E-state index contributed by atoms with van der Waals surface area (Å²) in [6.07, 6.45) is 2.98. The van der Waals surface area contributed by atoms with Gasteiger partial charge in [-0.25, -0.2) is 9.18 Å². The second-order valence-electron chi connectivity index (χ2n) is 6.44. The second kappa shape index (κ2) is 10.8. The summed E-state index contributed by atoms with van der Waals surface area (Å²) in [6.45, 7) is 0.300. The van der Waals surface area contributed by atoms with Crippen LogP contribution < -0.4 is 9.47 Å². The van der Waals surface area contributed by atoms with E-state index in [1.54, 1.807) is 30.5 Å². The van der Waals surface area contributed by atoms with Gasteiger partial charge >= 0.3 is 5.97 Å². The van der Waals surface area contributed by atoms with Crippen molar-refractivity contribution < 1.29 is 28.1 Å². The van der Waals surface area contributed by atoms with E-state index in [0.717, 1.165) is 5.69 Å². The third-order valence-corrected chi connectivity index (χ3v) is 4.30. The summed E-state index contributed by atoms with van der Waals surface area (Å²) in [5.41, 5.74) is 2.28. The second-order valence-corrected chi connectivity index (χ2v) is 6.44. The van der Waals surface area contributed by atoms with E-state index in [1.165, 1.54) is 32.6 Å². The first kappa shape index (κ1) is 21.8. The van der Waals surface area contributed by atoms with Gasteiger partial charge in [-0.2, -0.15) is 0 Å². The van der Waals surface area contributed by atoms with Crippen LogP contribution in [0.5, 0.6) is 11.5 Å². The molecule has 0 aliphatic rings. The molecule has 160 valence electrons. The number of halogens is 1. The predicted molar refractivity (Wildman–Crippen MR) is 113 cm³/mol. The van der Waals surface area contributed by atoms with Crippen LogP contribution in [0.3, 0.4) is 0 Å². The van der Waals surface area contributed by atoms with Gasteiger partial charge in [0.15, 0.2) is 0 Å². The Bertz CT molecular complexity index is 1050. The number of carbonyl (C=O) groups is 1. The van der Waals surface area contributed by atoms with Gasteiger partial charge in [-0.1, -0.05) is 30.3 Å². The van der Waals surface area contributed by atoms with Crippen LogP contribution in [0.15, 0.2) is 73.1 Å². The molecular weight excluding hydrogens is 401 g/mol. The quantitative estimate of drug-likeness (QED) is 0.286. The van der Waals surface area contributed by atoms with Gasteiger partial charge in [0.2, 0.25) is 0 Å². The van der Waals surface area contributed by atoms with E-state index in [9.17, 15) is 9.18 Å². The van der Waals surface area contributed by atoms with E-state index in [4.69, 9.17) is 18.9 Å². The molecule has 31 heavy (non-hydrogen) atoms. The third-order valence-electron chi connectivity index (χ3n) is 4.30. The Morgan fingerprint density at radius 2 is 1.68 bits per heavy atom. The number of hydrogen-bond acceptors (Lipinski definition) is 6. The average Bonchev–Trinajstić information content (AvgIpc) is 2.80. The van der Waals surface area contributed by atoms with Crippen LogP contribution in [0.2, 0.25) is 0 Å². The molecule has 0 fully saturated rings. The molecule has 0 saturated heterocycles. The zero-order valence-corrected chi connectivity index (χ0v) is 17.2. The highest BCUT2D eigenvalue weighted by Crippen LogP contribution is 2.26. The summed E-state index contributed by atoms with van der Waals surface area (Å²) in [7, 11) is 2.74. The van der Waals surface area contributed by atoms with Crippen LogP contribution in [0, 0.1) is 5.82 Å². The molecule has 0 bridgehead atoms. The van der Waals surface area contributed by atoms with E-state index >= 15 is 0 Å². The summed E-state index contributed by atoms with van der Waals surface area (Å²) in [6, 6.07) is 16.8. The van der Waals surface area contributed by atoms with Crippen LogP contribution in [0.4, 0.5) is 4.39 Å². The number of benzene rings is 2. The Balaban J connectivity index is 1.75. The van der Waals surface area contributed by atoms with E-state index in [0.29, 0.717) is 22.6 Å². The van der Waals surface area contributed by atoms with Gasteiger partial charge in [0, 0.05) is 24.4 Å². The molecule has 0 spiro atoms. The van der Waals surface area contributed by atoms with Crippen molar-refractivity contribution in [3.8, 4) is 11.5 Å². The molecule has 0 atom stereocenters. The monoisotopic (exact) mass is 423 g/mol. The lowest BCUT2D eigenvalue weighted by Gasteiger charge is -2.14. The Morgan fingerprint density at radius 3 is 2.35 bits per heavy atom. The minimum absolute atomic E-state index is 0.0946. The Labute approximate surface area is 179 Å². The highest BCUT2D eigenvalue weighted by molar-refractivity contribution is 6.16. The highest BCUT2D eigenvalue weighted by atomic mass is 19.1. The van der Waals surface area contributed by atoms with Gasteiger partial charge in [0.1, 0.15) is 36.1 Å². The number of esters is 1. The number of ether oxygens (including phenoxy) is 4. The Morgan fingerprint density at radius 1 is 0.968 bits per heavy atom. The maximum atomic E-state index is 14.1. The first-order valence-electron chi connectivity index (χ1n) is 9.46. The molecule has 0 saturated carbocycles. The van der Waals surface area contributed by atoms with E-state index < -0.39 is 11.8 Å². The normalized spacial score (nSPS) is 11.0. The maximum absolute atomic E-state index is 14.1. The molecule has 0 N–H and O–H groups in total. The molecule has 3 rings (SSSR count). The SMILES string of the molecule is CO/C=C(/C(=O)OC)c1ccccc1COc1cc(F)cc(OCc2ccccn2)c1. The zero-order chi connectivity index (χ0) is 22.1. The van der Waals surface area contributed by atoms with Gasteiger partial charge in [0.05, 0.1) is 26.2 Å². The fraction of sp³-hybridized carbons (Fsp3) is 0.167. The smallest absolute Gasteiger partial charge is 0.341 e. The molecule has 6 nitrogen and oxygen atoms in total. The molecule has 0 radical (unpaired) electrons. The topological polar surface area (TPSA) is 66.9 Å². The largest absolute Gasteiger partial charge is 0.503 e. The lowest BCUT2D eigenvalue weighted by molar-refractivity contribution is -0.133. The fourth-order valence-corrected chi connectivity index (χ4v) is 2.86. The molecule has 2 aromatic carbocycles. The highest BCUT2D eigenvalue weighted by Gasteiger charge is 2.17. The minimum atomic E-state index is -0.537. The van der Waals surface area contributed by atoms with Crippen molar-refractivity contribution in [2.75, 3.05) is 14.2 Å². The first-order chi connectivity index (χ1) is 15.1. The van der Waals surface area contributed by atoms with Gasteiger partial charge in [-0.05, 0) is 23.3 Å². The standard InChI is InChI=1S/C24H22FNO5/c1-28-16-23(24(27)29-2)22-9-4-3-7-17(22)14-30-20-11-18(25)12-21(13-20)31-15-19-8-5-6-10-26-19/h3-13,16H,14-15H2,1-2H3/b23-16+. The number of rotatable bonds is 9. The van der Waals surface area contributed by atoms with Gasteiger partial charge in [0.25, 0.3) is 0 Å². The fourth-order valence-electron chi connectivity index (χ4n) is 2.86. The van der Waals surface area contributed by atoms with E-state index in [1.807, 2.05) is 24.3 Å². The number of pyridine rings is 1. The summed E-state index contributed by atoms with van der Waals surface area (Å²) in [4.78, 5) is 16.3. The van der Waals surface area contributed by atoms with Crippen molar-refractivity contribution in [2.24, 2.45) is 0 Å². The molecule has 0 amide bonds. The van der Waals surface area contributed by atoms with E-state index in [-0.39, 0.29) is 18.8 Å². The molecule has 0 aliphatic heterocycles. The summed E-state index contributed by atoms with van der Waals surface area (Å²) in [5.74, 6) is -0.411. The predicted octanol–water partition coefficient (Wildman–Crippen LogP) is 4.54. The Kier molecular flexibility index (Phi) is 7.59. The molecule has 7 heteroatoms. The van der Waals surface area contributed by atoms with Gasteiger partial charge < -0.3 is 18.9 Å². The van der Waals surface area contributed by atoms with Crippen LogP contribution in [0.25, 0.3) is 5.57 Å².